The van der Waals surface area contributed by atoms with Crippen LogP contribution in [0.1, 0.15) is 123 Å². The molecule has 4 nitrogen and oxygen atoms in total. The summed E-state index contributed by atoms with van der Waals surface area (Å²) in [7, 11) is 0. The molecular weight excluding hydrogens is 436 g/mol. The monoisotopic (exact) mass is 492 g/mol. The van der Waals surface area contributed by atoms with Crippen LogP contribution in [-0.2, 0) is 11.2 Å². The van der Waals surface area contributed by atoms with Crippen molar-refractivity contribution in [3.63, 3.8) is 0 Å². The van der Waals surface area contributed by atoms with E-state index in [1.807, 2.05) is 13.8 Å². The molecule has 3 atom stereocenters. The van der Waals surface area contributed by atoms with Crippen LogP contribution in [0.3, 0.4) is 0 Å². The Hall–Kier alpha value is -1.71. The number of benzene rings is 1. The van der Waals surface area contributed by atoms with Gasteiger partial charge < -0.3 is 14.6 Å². The lowest BCUT2D eigenvalue weighted by Gasteiger charge is -2.39. The summed E-state index contributed by atoms with van der Waals surface area (Å²) < 4.78 is 12.3. The lowest BCUT2D eigenvalue weighted by Crippen LogP contribution is -2.38. The normalized spacial score (nSPS) is 18.5. The summed E-state index contributed by atoms with van der Waals surface area (Å²) in [5.41, 5.74) is 4.11. The van der Waals surface area contributed by atoms with Gasteiger partial charge in [0.15, 0.2) is 6.61 Å². The Labute approximate surface area is 217 Å². The average molecular weight is 493 g/mol. The summed E-state index contributed by atoms with van der Waals surface area (Å²) in [4.78, 5) is 11.0. The quantitative estimate of drug-likeness (QED) is 0.298. The van der Waals surface area contributed by atoms with Crippen molar-refractivity contribution in [3.05, 3.63) is 22.3 Å². The van der Waals surface area contributed by atoms with E-state index in [-0.39, 0.29) is 27.1 Å². The minimum Gasteiger partial charge on any atom is -0.487 e. The molecule has 1 aliphatic rings. The van der Waals surface area contributed by atoms with Crippen LogP contribution >= 0.6 is 0 Å². The summed E-state index contributed by atoms with van der Waals surface area (Å²) in [5, 5.41) is 9.02. The number of hydrogen-bond acceptors (Lipinski definition) is 3. The van der Waals surface area contributed by atoms with E-state index >= 15 is 0 Å². The van der Waals surface area contributed by atoms with Crippen LogP contribution < -0.4 is 9.47 Å². The van der Waals surface area contributed by atoms with Crippen LogP contribution in [-0.4, -0.2) is 23.3 Å². The van der Waals surface area contributed by atoms with Crippen molar-refractivity contribution in [2.24, 2.45) is 17.8 Å². The van der Waals surface area contributed by atoms with Gasteiger partial charge in [0, 0.05) is 5.56 Å². The molecule has 0 fully saturated rings. The maximum atomic E-state index is 11.0. The number of carboxylic acids is 1. The summed E-state index contributed by atoms with van der Waals surface area (Å²) in [6, 6.07) is 0. The van der Waals surface area contributed by atoms with Crippen molar-refractivity contribution in [2.75, 3.05) is 6.61 Å². The van der Waals surface area contributed by atoms with Crippen molar-refractivity contribution in [2.45, 2.75) is 134 Å². The third-order valence-corrected chi connectivity index (χ3v) is 7.56. The van der Waals surface area contributed by atoms with E-state index in [1.54, 1.807) is 0 Å². The fraction of sp³-hybridized carbons (Fsp3) is 0.774. The van der Waals surface area contributed by atoms with E-state index in [0.29, 0.717) is 11.7 Å². The van der Waals surface area contributed by atoms with Crippen LogP contribution in [0.4, 0.5) is 0 Å². The highest BCUT2D eigenvalue weighted by Crippen LogP contribution is 2.45. The second-order valence-corrected chi connectivity index (χ2v) is 11.4. The highest BCUT2D eigenvalue weighted by Gasteiger charge is 2.35. The second-order valence-electron chi connectivity index (χ2n) is 11.4. The second kappa shape index (κ2) is 14.8. The Balaban J connectivity index is 0.00000578. The molecule has 35 heavy (non-hydrogen) atoms. The number of carboxylic acid groups (broad SMARTS) is 1. The van der Waals surface area contributed by atoms with Gasteiger partial charge in [-0.15, -0.1) is 0 Å². The minimum atomic E-state index is -0.952. The van der Waals surface area contributed by atoms with E-state index in [9.17, 15) is 4.79 Å². The molecule has 0 spiro atoms. The van der Waals surface area contributed by atoms with E-state index < -0.39 is 5.97 Å². The molecule has 0 aromatic heterocycles. The van der Waals surface area contributed by atoms with Gasteiger partial charge in [0.25, 0.3) is 0 Å². The summed E-state index contributed by atoms with van der Waals surface area (Å²) >= 11 is 0. The van der Waals surface area contributed by atoms with E-state index in [1.165, 1.54) is 44.1 Å². The molecule has 1 aliphatic heterocycles. The molecule has 0 saturated carbocycles. The molecule has 0 amide bonds. The van der Waals surface area contributed by atoms with Gasteiger partial charge in [0.2, 0.25) is 0 Å². The SMILES string of the molecule is C.C.Cc1c(C)c2c(c(C)c1OCC(=O)O)CC[C@@](C)(CC(C)CCCC(C)CCCC(C)C)O2. The molecule has 2 unspecified atom stereocenters. The van der Waals surface area contributed by atoms with Gasteiger partial charge >= 0.3 is 5.97 Å². The van der Waals surface area contributed by atoms with Crippen LogP contribution in [0, 0.1) is 38.5 Å². The number of carbonyl (C=O) groups is 1. The molecule has 2 rings (SSSR count). The number of rotatable bonds is 13. The molecular formula is C31H56O4. The lowest BCUT2D eigenvalue weighted by atomic mass is 9.81. The van der Waals surface area contributed by atoms with Gasteiger partial charge in [0.1, 0.15) is 17.1 Å². The zero-order valence-electron chi connectivity index (χ0n) is 22.5. The molecule has 1 N–H and O–H groups in total. The predicted molar refractivity (Wildman–Crippen MR) is 150 cm³/mol. The number of fused-ring (bicyclic) bond motifs is 1. The fourth-order valence-electron chi connectivity index (χ4n) is 5.45. The number of ether oxygens (including phenoxy) is 2. The fourth-order valence-corrected chi connectivity index (χ4v) is 5.45. The highest BCUT2D eigenvalue weighted by atomic mass is 16.5. The molecule has 4 heteroatoms. The van der Waals surface area contributed by atoms with Crippen molar-refractivity contribution in [1.29, 1.82) is 0 Å². The topological polar surface area (TPSA) is 55.8 Å². The van der Waals surface area contributed by atoms with Crippen molar-refractivity contribution >= 4 is 5.97 Å². The highest BCUT2D eigenvalue weighted by molar-refractivity contribution is 5.69. The average Bonchev–Trinajstić information content (AvgIpc) is 2.71. The number of hydrogen-bond donors (Lipinski definition) is 1. The first-order valence-electron chi connectivity index (χ1n) is 13.1. The number of aliphatic carboxylic acids is 1. The maximum absolute atomic E-state index is 11.0. The predicted octanol–water partition coefficient (Wildman–Crippen LogP) is 9.09. The Morgan fingerprint density at radius 1 is 0.943 bits per heavy atom. The van der Waals surface area contributed by atoms with Gasteiger partial charge in [-0.25, -0.2) is 4.79 Å². The third-order valence-electron chi connectivity index (χ3n) is 7.56. The van der Waals surface area contributed by atoms with Gasteiger partial charge in [-0.1, -0.05) is 81.1 Å². The molecule has 0 radical (unpaired) electrons. The Bertz CT molecular complexity index is 798. The molecule has 1 aromatic carbocycles. The van der Waals surface area contributed by atoms with Gasteiger partial charge in [0.05, 0.1) is 0 Å². The molecule has 0 aliphatic carbocycles. The van der Waals surface area contributed by atoms with Crippen LogP contribution in [0.15, 0.2) is 0 Å². The van der Waals surface area contributed by atoms with E-state index in [4.69, 9.17) is 14.6 Å². The molecule has 204 valence electrons. The summed E-state index contributed by atoms with van der Waals surface area (Å²) in [6.45, 7) is 17.5. The first kappa shape index (κ1) is 33.3. The van der Waals surface area contributed by atoms with E-state index in [0.717, 1.165) is 53.5 Å². The smallest absolute Gasteiger partial charge is 0.341 e. The molecule has 1 heterocycles. The lowest BCUT2D eigenvalue weighted by molar-refractivity contribution is -0.139. The van der Waals surface area contributed by atoms with Gasteiger partial charge in [-0.2, -0.15) is 0 Å². The minimum absolute atomic E-state index is 0. The van der Waals surface area contributed by atoms with Crippen molar-refractivity contribution in [3.8, 4) is 11.5 Å². The molecule has 0 bridgehead atoms. The van der Waals surface area contributed by atoms with Gasteiger partial charge in [-0.3, -0.25) is 0 Å². The van der Waals surface area contributed by atoms with Crippen LogP contribution in [0.25, 0.3) is 0 Å². The third kappa shape index (κ3) is 9.69. The largest absolute Gasteiger partial charge is 0.487 e. The summed E-state index contributed by atoms with van der Waals surface area (Å²) in [6.07, 6.45) is 11.0. The van der Waals surface area contributed by atoms with Crippen LogP contribution in [0.5, 0.6) is 11.5 Å². The zero-order chi connectivity index (χ0) is 24.8. The Kier molecular flexibility index (Phi) is 14.0. The maximum Gasteiger partial charge on any atom is 0.341 e. The van der Waals surface area contributed by atoms with E-state index in [2.05, 4.69) is 41.5 Å². The molecule has 1 aromatic rings. The Morgan fingerprint density at radius 3 is 2.09 bits per heavy atom. The Morgan fingerprint density at radius 2 is 1.51 bits per heavy atom. The van der Waals surface area contributed by atoms with Gasteiger partial charge in [-0.05, 0) is 81.4 Å². The first-order valence-corrected chi connectivity index (χ1v) is 13.1. The van der Waals surface area contributed by atoms with Crippen LogP contribution in [0.2, 0.25) is 0 Å². The summed E-state index contributed by atoms with van der Waals surface area (Å²) in [5.74, 6) is 3.03. The molecule has 0 saturated heterocycles. The van der Waals surface area contributed by atoms with Crippen molar-refractivity contribution < 1.29 is 19.4 Å². The standard InChI is InChI=1S/C29H48O4.2CH4/c1-19(2)11-9-12-20(3)13-10-14-21(4)17-29(8)16-15-25-24(7)27(32-18-26(30)31)22(5)23(6)28(25)33-29;;/h19-21H,9-18H2,1-8H3,(H,30,31);2*1H4/t20?,21?,29-;;/m0../s1. The zero-order valence-corrected chi connectivity index (χ0v) is 22.5. The van der Waals surface area contributed by atoms with Crippen molar-refractivity contribution in [1.82, 2.24) is 0 Å². The first-order chi connectivity index (χ1) is 15.4.